The first-order valence-electron chi connectivity index (χ1n) is 10.1. The standard InChI is InChI=1S/C20H23F2N7O3/c21-20(22)8-11(20)9-32-19-27-14(17(24)30)7-15(28-19)29-5-3-10(4-6-29)13-2-1-12(23)16(26-13)18(25)31/h1-2,7,10-11H,3-6,8-9,23H2,(H2,24,30)(H2,25,31). The van der Waals surface area contributed by atoms with Crippen LogP contribution in [0.1, 0.15) is 51.9 Å². The second-order valence-corrected chi connectivity index (χ2v) is 8.03. The van der Waals surface area contributed by atoms with Crippen LogP contribution in [0.25, 0.3) is 0 Å². The third-order valence-corrected chi connectivity index (χ3v) is 5.73. The van der Waals surface area contributed by atoms with Crippen molar-refractivity contribution in [2.75, 3.05) is 30.3 Å². The number of nitrogens with two attached hydrogens (primary N) is 3. The Bertz CT molecular complexity index is 1060. The summed E-state index contributed by atoms with van der Waals surface area (Å²) in [5.41, 5.74) is 17.4. The molecule has 6 N–H and O–H groups in total. The van der Waals surface area contributed by atoms with Crippen LogP contribution in [0.2, 0.25) is 0 Å². The lowest BCUT2D eigenvalue weighted by molar-refractivity contribution is 0.0838. The van der Waals surface area contributed by atoms with Gasteiger partial charge in [0, 0.05) is 37.2 Å². The van der Waals surface area contributed by atoms with Gasteiger partial charge in [0.1, 0.15) is 18.1 Å². The van der Waals surface area contributed by atoms with E-state index in [-0.39, 0.29) is 42.0 Å². The van der Waals surface area contributed by atoms with Crippen LogP contribution >= 0.6 is 0 Å². The molecule has 2 aliphatic rings. The minimum absolute atomic E-state index is 0.0508. The Morgan fingerprint density at radius 3 is 2.41 bits per heavy atom. The summed E-state index contributed by atoms with van der Waals surface area (Å²) >= 11 is 0. The molecule has 10 nitrogen and oxygen atoms in total. The smallest absolute Gasteiger partial charge is 0.319 e. The van der Waals surface area contributed by atoms with Crippen molar-refractivity contribution in [1.29, 1.82) is 0 Å². The van der Waals surface area contributed by atoms with Crippen molar-refractivity contribution in [2.24, 2.45) is 17.4 Å². The molecule has 1 saturated heterocycles. The third kappa shape index (κ3) is 4.53. The molecule has 0 bridgehead atoms. The number of primary amides is 2. The Balaban J connectivity index is 1.46. The number of ether oxygens (including phenoxy) is 1. The van der Waals surface area contributed by atoms with Crippen molar-refractivity contribution in [1.82, 2.24) is 15.0 Å². The summed E-state index contributed by atoms with van der Waals surface area (Å²) in [7, 11) is 0. The lowest BCUT2D eigenvalue weighted by Gasteiger charge is -2.32. The van der Waals surface area contributed by atoms with E-state index in [1.807, 2.05) is 4.90 Å². The van der Waals surface area contributed by atoms with E-state index in [2.05, 4.69) is 15.0 Å². The largest absolute Gasteiger partial charge is 0.463 e. The maximum absolute atomic E-state index is 13.1. The van der Waals surface area contributed by atoms with E-state index in [0.717, 1.165) is 5.69 Å². The monoisotopic (exact) mass is 447 g/mol. The van der Waals surface area contributed by atoms with Gasteiger partial charge in [-0.3, -0.25) is 9.59 Å². The molecule has 170 valence electrons. The van der Waals surface area contributed by atoms with Crippen LogP contribution in [-0.4, -0.2) is 52.4 Å². The summed E-state index contributed by atoms with van der Waals surface area (Å²) in [5.74, 6) is -4.55. The number of hydrogen-bond acceptors (Lipinski definition) is 8. The second-order valence-electron chi connectivity index (χ2n) is 8.03. The van der Waals surface area contributed by atoms with Gasteiger partial charge in [0.05, 0.1) is 11.6 Å². The summed E-state index contributed by atoms with van der Waals surface area (Å²) in [5, 5.41) is 0. The average molecular weight is 447 g/mol. The number of carbonyl (C=O) groups is 2. The lowest BCUT2D eigenvalue weighted by atomic mass is 9.92. The zero-order valence-corrected chi connectivity index (χ0v) is 17.1. The topological polar surface area (TPSA) is 163 Å². The summed E-state index contributed by atoms with van der Waals surface area (Å²) in [6.07, 6.45) is 1.14. The number of nitrogen functional groups attached to an aromatic ring is 1. The van der Waals surface area contributed by atoms with Gasteiger partial charge in [0.25, 0.3) is 17.7 Å². The normalized spacial score (nSPS) is 20.1. The predicted molar refractivity (Wildman–Crippen MR) is 110 cm³/mol. The number of anilines is 2. The van der Waals surface area contributed by atoms with Crippen LogP contribution in [0.15, 0.2) is 18.2 Å². The van der Waals surface area contributed by atoms with Crippen molar-refractivity contribution in [2.45, 2.75) is 31.1 Å². The van der Waals surface area contributed by atoms with Crippen LogP contribution in [0.4, 0.5) is 20.3 Å². The van der Waals surface area contributed by atoms with Gasteiger partial charge in [-0.25, -0.2) is 13.8 Å². The number of nitrogens with zero attached hydrogens (tertiary/aromatic N) is 4. The highest BCUT2D eigenvalue weighted by molar-refractivity contribution is 5.95. The molecular weight excluding hydrogens is 424 g/mol. The summed E-state index contributed by atoms with van der Waals surface area (Å²) in [6, 6.07) is 4.68. The first-order chi connectivity index (χ1) is 15.1. The van der Waals surface area contributed by atoms with Gasteiger partial charge >= 0.3 is 6.01 Å². The second kappa shape index (κ2) is 8.17. The minimum atomic E-state index is -2.73. The first kappa shape index (κ1) is 21.7. The number of hydrogen-bond donors (Lipinski definition) is 3. The quantitative estimate of drug-likeness (QED) is 0.567. The van der Waals surface area contributed by atoms with E-state index < -0.39 is 23.7 Å². The predicted octanol–water partition coefficient (Wildman–Crippen LogP) is 1.07. The van der Waals surface area contributed by atoms with E-state index in [1.165, 1.54) is 6.07 Å². The summed E-state index contributed by atoms with van der Waals surface area (Å²) in [6.45, 7) is 0.900. The highest BCUT2D eigenvalue weighted by Crippen LogP contribution is 2.48. The Labute approximate surface area is 182 Å². The summed E-state index contributed by atoms with van der Waals surface area (Å²) < 4.78 is 31.5. The van der Waals surface area contributed by atoms with Crippen LogP contribution in [0.3, 0.4) is 0 Å². The van der Waals surface area contributed by atoms with Crippen molar-refractivity contribution in [3.63, 3.8) is 0 Å². The van der Waals surface area contributed by atoms with Crippen molar-refractivity contribution in [3.05, 3.63) is 35.3 Å². The SMILES string of the molecule is NC(=O)c1cc(N2CCC(c3ccc(N)c(C(N)=O)n3)CC2)nc(OCC2CC2(F)F)n1. The van der Waals surface area contributed by atoms with E-state index >= 15 is 0 Å². The van der Waals surface area contributed by atoms with Gasteiger partial charge in [0.15, 0.2) is 5.69 Å². The van der Waals surface area contributed by atoms with Gasteiger partial charge in [0.2, 0.25) is 0 Å². The molecule has 1 saturated carbocycles. The number of pyridine rings is 1. The van der Waals surface area contributed by atoms with Crippen LogP contribution in [0.5, 0.6) is 6.01 Å². The Hall–Kier alpha value is -3.57. The third-order valence-electron chi connectivity index (χ3n) is 5.73. The maximum atomic E-state index is 13.1. The van der Waals surface area contributed by atoms with Gasteiger partial charge < -0.3 is 26.8 Å². The number of piperidine rings is 1. The molecule has 4 rings (SSSR count). The van der Waals surface area contributed by atoms with Gasteiger partial charge in [-0.05, 0) is 25.0 Å². The maximum Gasteiger partial charge on any atom is 0.319 e. The Kier molecular flexibility index (Phi) is 5.53. The Morgan fingerprint density at radius 2 is 1.81 bits per heavy atom. The van der Waals surface area contributed by atoms with E-state index in [4.69, 9.17) is 21.9 Å². The molecule has 3 heterocycles. The van der Waals surface area contributed by atoms with Crippen LogP contribution in [-0.2, 0) is 0 Å². The average Bonchev–Trinajstić information content (AvgIpc) is 3.38. The molecule has 2 amide bonds. The Morgan fingerprint density at radius 1 is 1.12 bits per heavy atom. The highest BCUT2D eigenvalue weighted by atomic mass is 19.3. The zero-order chi connectivity index (χ0) is 23.0. The number of halogens is 2. The van der Waals surface area contributed by atoms with E-state index in [0.29, 0.717) is 31.7 Å². The fourth-order valence-electron chi connectivity index (χ4n) is 3.71. The number of aromatic nitrogens is 3. The highest BCUT2D eigenvalue weighted by Gasteiger charge is 2.57. The summed E-state index contributed by atoms with van der Waals surface area (Å²) in [4.78, 5) is 37.6. The van der Waals surface area contributed by atoms with Gasteiger partial charge in [-0.2, -0.15) is 9.97 Å². The molecular formula is C20H23F2N7O3. The number of amides is 2. The molecule has 2 aromatic heterocycles. The van der Waals surface area contributed by atoms with Crippen molar-refractivity contribution >= 4 is 23.3 Å². The molecule has 1 atom stereocenters. The molecule has 1 unspecified atom stereocenters. The molecule has 1 aliphatic carbocycles. The fourth-order valence-corrected chi connectivity index (χ4v) is 3.71. The number of rotatable bonds is 7. The molecule has 32 heavy (non-hydrogen) atoms. The molecule has 12 heteroatoms. The van der Waals surface area contributed by atoms with Crippen LogP contribution < -0.4 is 26.8 Å². The molecule has 1 aliphatic heterocycles. The van der Waals surface area contributed by atoms with Crippen molar-refractivity contribution in [3.8, 4) is 6.01 Å². The fraction of sp³-hybridized carbons (Fsp3) is 0.450. The molecule has 0 aromatic carbocycles. The molecule has 2 fully saturated rings. The van der Waals surface area contributed by atoms with E-state index in [1.54, 1.807) is 12.1 Å². The molecule has 2 aromatic rings. The molecule has 0 radical (unpaired) electrons. The zero-order valence-electron chi connectivity index (χ0n) is 17.1. The van der Waals surface area contributed by atoms with Gasteiger partial charge in [-0.15, -0.1) is 0 Å². The van der Waals surface area contributed by atoms with Crippen LogP contribution in [0, 0.1) is 5.92 Å². The lowest BCUT2D eigenvalue weighted by Crippen LogP contribution is -2.34. The minimum Gasteiger partial charge on any atom is -0.463 e. The molecule has 0 spiro atoms. The van der Waals surface area contributed by atoms with E-state index in [9.17, 15) is 18.4 Å². The first-order valence-corrected chi connectivity index (χ1v) is 10.1. The van der Waals surface area contributed by atoms with Gasteiger partial charge in [-0.1, -0.05) is 0 Å². The van der Waals surface area contributed by atoms with Crippen molar-refractivity contribution < 1.29 is 23.1 Å². The number of alkyl halides is 2. The number of carbonyl (C=O) groups excluding carboxylic acids is 2.